The Bertz CT molecular complexity index is 124. The number of rotatable bonds is 8. The largest absolute Gasteiger partial charge is 0.354 e. The molecule has 0 fully saturated rings. The molecule has 0 aliphatic carbocycles. The van der Waals surface area contributed by atoms with Gasteiger partial charge in [0.2, 0.25) is 0 Å². The molecule has 0 aromatic carbocycles. The van der Waals surface area contributed by atoms with Gasteiger partial charge in [-0.1, -0.05) is 13.8 Å². The van der Waals surface area contributed by atoms with E-state index in [0.717, 1.165) is 12.5 Å². The first kappa shape index (κ1) is 13.9. The Labute approximate surface area is 88.2 Å². The third kappa shape index (κ3) is 6.35. The highest BCUT2D eigenvalue weighted by atomic mass is 16.7. The summed E-state index contributed by atoms with van der Waals surface area (Å²) < 4.78 is 10.3. The van der Waals surface area contributed by atoms with Crippen LogP contribution in [0.2, 0.25) is 0 Å². The fourth-order valence-electron chi connectivity index (χ4n) is 1.44. The molecule has 0 aromatic rings. The van der Waals surface area contributed by atoms with E-state index in [1.54, 1.807) is 14.2 Å². The van der Waals surface area contributed by atoms with Gasteiger partial charge >= 0.3 is 0 Å². The lowest BCUT2D eigenvalue weighted by Gasteiger charge is -2.22. The average Bonchev–Trinajstić information content (AvgIpc) is 2.14. The van der Waals surface area contributed by atoms with E-state index in [1.165, 1.54) is 12.8 Å². The minimum Gasteiger partial charge on any atom is -0.354 e. The van der Waals surface area contributed by atoms with Crippen molar-refractivity contribution in [1.82, 2.24) is 5.32 Å². The Morgan fingerprint density at radius 2 is 1.64 bits per heavy atom. The summed E-state index contributed by atoms with van der Waals surface area (Å²) in [6, 6.07) is 0.247. The molecule has 14 heavy (non-hydrogen) atoms. The molecule has 0 amide bonds. The Kier molecular flexibility index (Phi) is 8.14. The van der Waals surface area contributed by atoms with Gasteiger partial charge < -0.3 is 14.8 Å². The summed E-state index contributed by atoms with van der Waals surface area (Å²) in [5.74, 6) is 0.785. The van der Waals surface area contributed by atoms with E-state index >= 15 is 0 Å². The number of nitrogens with one attached hydrogen (secondary N) is 1. The van der Waals surface area contributed by atoms with E-state index < -0.39 is 0 Å². The Hall–Kier alpha value is -0.120. The highest BCUT2D eigenvalue weighted by molar-refractivity contribution is 4.64. The van der Waals surface area contributed by atoms with Crippen molar-refractivity contribution in [2.24, 2.45) is 5.92 Å². The molecule has 1 N–H and O–H groups in total. The van der Waals surface area contributed by atoms with Crippen LogP contribution < -0.4 is 5.32 Å². The van der Waals surface area contributed by atoms with Gasteiger partial charge in [0.25, 0.3) is 0 Å². The standard InChI is InChI=1S/C11H25NO2/c1-9(2)7-6-8-12-10(3)11(13-4)14-5/h9-12H,6-8H2,1-5H3. The maximum atomic E-state index is 5.15. The Morgan fingerprint density at radius 3 is 2.07 bits per heavy atom. The van der Waals surface area contributed by atoms with Crippen LogP contribution in [0.4, 0.5) is 0 Å². The summed E-state index contributed by atoms with van der Waals surface area (Å²) in [4.78, 5) is 0. The normalized spacial score (nSPS) is 13.9. The van der Waals surface area contributed by atoms with Gasteiger partial charge in [0.1, 0.15) is 0 Å². The lowest BCUT2D eigenvalue weighted by molar-refractivity contribution is -0.119. The maximum Gasteiger partial charge on any atom is 0.171 e. The molecule has 3 nitrogen and oxygen atoms in total. The summed E-state index contributed by atoms with van der Waals surface area (Å²) in [7, 11) is 3.33. The molecule has 0 spiro atoms. The van der Waals surface area contributed by atoms with Crippen molar-refractivity contribution in [3.63, 3.8) is 0 Å². The molecule has 0 bridgehead atoms. The summed E-state index contributed by atoms with van der Waals surface area (Å²) in [5.41, 5.74) is 0. The predicted octanol–water partition coefficient (Wildman–Crippen LogP) is 2.02. The van der Waals surface area contributed by atoms with Crippen LogP contribution in [0.5, 0.6) is 0 Å². The van der Waals surface area contributed by atoms with E-state index in [4.69, 9.17) is 9.47 Å². The smallest absolute Gasteiger partial charge is 0.171 e. The Balaban J connectivity index is 3.47. The third-order valence-electron chi connectivity index (χ3n) is 2.30. The molecule has 86 valence electrons. The zero-order valence-corrected chi connectivity index (χ0v) is 10.2. The topological polar surface area (TPSA) is 30.5 Å². The second-order valence-electron chi connectivity index (χ2n) is 4.12. The molecule has 0 aliphatic heterocycles. The second kappa shape index (κ2) is 8.21. The molecule has 0 aliphatic rings. The van der Waals surface area contributed by atoms with Gasteiger partial charge in [-0.2, -0.15) is 0 Å². The van der Waals surface area contributed by atoms with Crippen LogP contribution in [-0.2, 0) is 9.47 Å². The molecule has 1 unspecified atom stereocenters. The molecular formula is C11H25NO2. The number of methoxy groups -OCH3 is 2. The van der Waals surface area contributed by atoms with Gasteiger partial charge in [0.15, 0.2) is 6.29 Å². The monoisotopic (exact) mass is 203 g/mol. The summed E-state index contributed by atoms with van der Waals surface area (Å²) in [5, 5.41) is 3.39. The van der Waals surface area contributed by atoms with Crippen molar-refractivity contribution < 1.29 is 9.47 Å². The van der Waals surface area contributed by atoms with Crippen molar-refractivity contribution in [3.8, 4) is 0 Å². The van der Waals surface area contributed by atoms with Gasteiger partial charge in [0, 0.05) is 14.2 Å². The first-order chi connectivity index (χ1) is 6.61. The van der Waals surface area contributed by atoms with Crippen LogP contribution in [0.3, 0.4) is 0 Å². The highest BCUT2D eigenvalue weighted by Crippen LogP contribution is 2.03. The van der Waals surface area contributed by atoms with Crippen LogP contribution >= 0.6 is 0 Å². The number of ether oxygens (including phenoxy) is 2. The van der Waals surface area contributed by atoms with Gasteiger partial charge in [0.05, 0.1) is 6.04 Å². The zero-order chi connectivity index (χ0) is 11.0. The molecule has 0 aromatic heterocycles. The van der Waals surface area contributed by atoms with Gasteiger partial charge in [-0.15, -0.1) is 0 Å². The van der Waals surface area contributed by atoms with Crippen molar-refractivity contribution in [3.05, 3.63) is 0 Å². The lowest BCUT2D eigenvalue weighted by Crippen LogP contribution is -2.40. The van der Waals surface area contributed by atoms with Crippen LogP contribution in [-0.4, -0.2) is 33.1 Å². The zero-order valence-electron chi connectivity index (χ0n) is 10.2. The second-order valence-corrected chi connectivity index (χ2v) is 4.12. The first-order valence-electron chi connectivity index (χ1n) is 5.40. The van der Waals surface area contributed by atoms with E-state index in [9.17, 15) is 0 Å². The maximum absolute atomic E-state index is 5.15. The summed E-state index contributed by atoms with van der Waals surface area (Å²) in [6.07, 6.45) is 2.33. The molecule has 0 saturated carbocycles. The van der Waals surface area contributed by atoms with Crippen molar-refractivity contribution in [1.29, 1.82) is 0 Å². The summed E-state index contributed by atoms with van der Waals surface area (Å²) >= 11 is 0. The average molecular weight is 203 g/mol. The molecule has 1 atom stereocenters. The van der Waals surface area contributed by atoms with Crippen LogP contribution in [0, 0.1) is 5.92 Å². The number of hydrogen-bond acceptors (Lipinski definition) is 3. The van der Waals surface area contributed by atoms with E-state index in [-0.39, 0.29) is 12.3 Å². The highest BCUT2D eigenvalue weighted by Gasteiger charge is 2.14. The molecule has 3 heteroatoms. The summed E-state index contributed by atoms with van der Waals surface area (Å²) in [6.45, 7) is 7.60. The number of hydrogen-bond donors (Lipinski definition) is 1. The van der Waals surface area contributed by atoms with E-state index in [0.29, 0.717) is 0 Å². The third-order valence-corrected chi connectivity index (χ3v) is 2.30. The fraction of sp³-hybridized carbons (Fsp3) is 1.00. The van der Waals surface area contributed by atoms with Gasteiger partial charge in [-0.05, 0) is 32.2 Å². The Morgan fingerprint density at radius 1 is 1.07 bits per heavy atom. The lowest BCUT2D eigenvalue weighted by atomic mass is 10.1. The first-order valence-corrected chi connectivity index (χ1v) is 5.40. The van der Waals surface area contributed by atoms with Crippen molar-refractivity contribution in [2.45, 2.75) is 45.9 Å². The van der Waals surface area contributed by atoms with Crippen LogP contribution in [0.15, 0.2) is 0 Å². The quantitative estimate of drug-likeness (QED) is 0.483. The molecule has 0 rings (SSSR count). The van der Waals surface area contributed by atoms with Crippen LogP contribution in [0.1, 0.15) is 33.6 Å². The van der Waals surface area contributed by atoms with Crippen LogP contribution in [0.25, 0.3) is 0 Å². The van der Waals surface area contributed by atoms with E-state index in [2.05, 4.69) is 26.1 Å². The van der Waals surface area contributed by atoms with Crippen molar-refractivity contribution >= 4 is 0 Å². The SMILES string of the molecule is COC(OC)C(C)NCCCC(C)C. The minimum atomic E-state index is -0.144. The van der Waals surface area contributed by atoms with E-state index in [1.807, 2.05) is 0 Å². The predicted molar refractivity (Wildman–Crippen MR) is 59.3 cm³/mol. The minimum absolute atomic E-state index is 0.144. The molecule has 0 saturated heterocycles. The van der Waals surface area contributed by atoms with Gasteiger partial charge in [-0.25, -0.2) is 0 Å². The fourth-order valence-corrected chi connectivity index (χ4v) is 1.44. The molecule has 0 radical (unpaired) electrons. The molecular weight excluding hydrogens is 178 g/mol. The van der Waals surface area contributed by atoms with Gasteiger partial charge in [-0.3, -0.25) is 0 Å². The van der Waals surface area contributed by atoms with Crippen molar-refractivity contribution in [2.75, 3.05) is 20.8 Å². The molecule has 0 heterocycles.